The van der Waals surface area contributed by atoms with Crippen LogP contribution in [0.3, 0.4) is 0 Å². The molecule has 0 amide bonds. The van der Waals surface area contributed by atoms with Crippen molar-refractivity contribution in [2.24, 2.45) is 0 Å². The van der Waals surface area contributed by atoms with Crippen LogP contribution in [-0.2, 0) is 27.4 Å². The highest BCUT2D eigenvalue weighted by molar-refractivity contribution is 5.76. The molecule has 3 nitrogen and oxygen atoms in total. The molecule has 6 rings (SSSR count). The number of rotatable bonds is 14. The zero-order valence-electron chi connectivity index (χ0n) is 25.9. The molecule has 0 fully saturated rings. The molecule has 0 spiro atoms. The van der Waals surface area contributed by atoms with Gasteiger partial charge in [0, 0.05) is 12.8 Å². The van der Waals surface area contributed by atoms with Crippen LogP contribution in [0, 0.1) is 0 Å². The van der Waals surface area contributed by atoms with Gasteiger partial charge in [-0.1, -0.05) is 158 Å². The summed E-state index contributed by atoms with van der Waals surface area (Å²) in [5.41, 5.74) is 6.25. The second-order valence-electron chi connectivity index (χ2n) is 11.9. The van der Waals surface area contributed by atoms with Crippen molar-refractivity contribution in [1.82, 2.24) is 0 Å². The van der Waals surface area contributed by atoms with Crippen molar-refractivity contribution in [3.8, 4) is 0 Å². The monoisotopic (exact) mass is 594 g/mol. The van der Waals surface area contributed by atoms with Gasteiger partial charge >= 0.3 is 0 Å². The maximum atomic E-state index is 7.36. The molecule has 3 heteroatoms. The van der Waals surface area contributed by atoms with E-state index < -0.39 is 11.2 Å². The number of hydrogen-bond acceptors (Lipinski definition) is 3. The van der Waals surface area contributed by atoms with Crippen LogP contribution >= 0.6 is 0 Å². The second-order valence-corrected chi connectivity index (χ2v) is 11.9. The summed E-state index contributed by atoms with van der Waals surface area (Å²) in [4.78, 5) is 0. The minimum atomic E-state index is -0.503. The van der Waals surface area contributed by atoms with E-state index in [9.17, 15) is 0 Å². The van der Waals surface area contributed by atoms with E-state index in [1.165, 1.54) is 33.4 Å². The third-order valence-corrected chi connectivity index (χ3v) is 8.65. The van der Waals surface area contributed by atoms with Crippen LogP contribution < -0.4 is 0 Å². The van der Waals surface area contributed by atoms with Crippen LogP contribution in [0.1, 0.15) is 47.9 Å². The molecule has 4 aromatic rings. The molecular weight excluding hydrogens is 552 g/mol. The van der Waals surface area contributed by atoms with Crippen molar-refractivity contribution < 1.29 is 14.2 Å². The first kappa shape index (κ1) is 30.7. The normalized spacial score (nSPS) is 20.9. The predicted molar refractivity (Wildman–Crippen MR) is 184 cm³/mol. The molecule has 2 aliphatic rings. The minimum Gasteiger partial charge on any atom is -0.377 e. The van der Waals surface area contributed by atoms with Gasteiger partial charge in [0.1, 0.15) is 0 Å². The summed E-state index contributed by atoms with van der Waals surface area (Å²) in [6.45, 7) is 2.38. The average molecular weight is 595 g/mol. The molecular formula is C42H42O3. The Morgan fingerprint density at radius 3 is 1.20 bits per heavy atom. The van der Waals surface area contributed by atoms with Gasteiger partial charge in [-0.05, 0) is 46.2 Å². The van der Waals surface area contributed by atoms with E-state index in [4.69, 9.17) is 14.2 Å². The van der Waals surface area contributed by atoms with Crippen molar-refractivity contribution >= 4 is 11.1 Å². The Kier molecular flexibility index (Phi) is 10.3. The minimum absolute atomic E-state index is 0.503. The Morgan fingerprint density at radius 2 is 0.844 bits per heavy atom. The van der Waals surface area contributed by atoms with Gasteiger partial charge in [-0.15, -0.1) is 0 Å². The molecule has 0 saturated heterocycles. The first-order valence-electron chi connectivity index (χ1n) is 16.0. The highest BCUT2D eigenvalue weighted by Crippen LogP contribution is 2.41. The van der Waals surface area contributed by atoms with E-state index in [0.717, 1.165) is 25.7 Å². The summed E-state index contributed by atoms with van der Waals surface area (Å²) < 4.78 is 19.8. The summed E-state index contributed by atoms with van der Waals surface area (Å²) in [6, 6.07) is 41.9. The first-order chi connectivity index (χ1) is 22.2. The largest absolute Gasteiger partial charge is 0.377 e. The molecule has 2 unspecified atom stereocenters. The van der Waals surface area contributed by atoms with E-state index in [1.54, 1.807) is 0 Å². The number of ether oxygens (including phenoxy) is 3. The Hall–Kier alpha value is -4.28. The lowest BCUT2D eigenvalue weighted by Gasteiger charge is -2.43. The van der Waals surface area contributed by atoms with E-state index in [1.807, 2.05) is 12.1 Å². The molecule has 2 atom stereocenters. The molecule has 0 saturated carbocycles. The van der Waals surface area contributed by atoms with Crippen molar-refractivity contribution in [2.45, 2.75) is 50.1 Å². The molecule has 0 aromatic heterocycles. The molecule has 0 N–H and O–H groups in total. The topological polar surface area (TPSA) is 27.7 Å². The van der Waals surface area contributed by atoms with Crippen LogP contribution in [0.15, 0.2) is 158 Å². The van der Waals surface area contributed by atoms with Gasteiger partial charge in [-0.3, -0.25) is 0 Å². The highest BCUT2D eigenvalue weighted by atomic mass is 16.5. The maximum Gasteiger partial charge on any atom is 0.0934 e. The van der Waals surface area contributed by atoms with Gasteiger partial charge in [0.05, 0.1) is 37.6 Å². The fraction of sp³-hybridized carbons (Fsp3) is 0.238. The van der Waals surface area contributed by atoms with Crippen molar-refractivity contribution in [2.75, 3.05) is 13.2 Å². The smallest absolute Gasteiger partial charge is 0.0934 e. The van der Waals surface area contributed by atoms with Crippen LogP contribution in [0.2, 0.25) is 0 Å². The van der Waals surface area contributed by atoms with E-state index in [-0.39, 0.29) is 0 Å². The van der Waals surface area contributed by atoms with Gasteiger partial charge in [0.15, 0.2) is 0 Å². The van der Waals surface area contributed by atoms with Crippen LogP contribution in [-0.4, -0.2) is 24.4 Å². The number of hydrogen-bond donors (Lipinski definition) is 0. The van der Waals surface area contributed by atoms with Crippen molar-refractivity contribution in [3.63, 3.8) is 0 Å². The highest BCUT2D eigenvalue weighted by Gasteiger charge is 2.40. The average Bonchev–Trinajstić information content (AvgIpc) is 3.11. The molecule has 228 valence electrons. The van der Waals surface area contributed by atoms with E-state index in [0.29, 0.717) is 26.4 Å². The molecule has 0 aliphatic heterocycles. The quantitative estimate of drug-likeness (QED) is 0.136. The summed E-state index contributed by atoms with van der Waals surface area (Å²) >= 11 is 0. The Labute approximate surface area is 268 Å². The van der Waals surface area contributed by atoms with Crippen LogP contribution in [0.4, 0.5) is 0 Å². The lowest BCUT2D eigenvalue weighted by Crippen LogP contribution is -2.45. The second kappa shape index (κ2) is 15.1. The maximum absolute atomic E-state index is 7.36. The number of allylic oxidation sites excluding steroid dienone is 4. The predicted octanol–water partition coefficient (Wildman–Crippen LogP) is 9.78. The zero-order chi connectivity index (χ0) is 30.6. The summed E-state index contributed by atoms with van der Waals surface area (Å²) in [5, 5.41) is 0. The Balaban J connectivity index is 1.21. The molecule has 4 aromatic carbocycles. The van der Waals surface area contributed by atoms with E-state index in [2.05, 4.69) is 146 Å². The third-order valence-electron chi connectivity index (χ3n) is 8.65. The van der Waals surface area contributed by atoms with Gasteiger partial charge in [0.25, 0.3) is 0 Å². The lowest BCUT2D eigenvalue weighted by molar-refractivity contribution is -0.128. The molecule has 2 aliphatic carbocycles. The number of benzene rings is 4. The van der Waals surface area contributed by atoms with E-state index >= 15 is 0 Å². The van der Waals surface area contributed by atoms with Gasteiger partial charge in [0.2, 0.25) is 0 Å². The molecule has 45 heavy (non-hydrogen) atoms. The van der Waals surface area contributed by atoms with Crippen molar-refractivity contribution in [3.05, 3.63) is 180 Å². The molecule has 0 bridgehead atoms. The van der Waals surface area contributed by atoms with Gasteiger partial charge in [-0.25, -0.2) is 0 Å². The summed E-state index contributed by atoms with van der Waals surface area (Å²) in [7, 11) is 0. The summed E-state index contributed by atoms with van der Waals surface area (Å²) in [5.74, 6) is 0. The zero-order valence-corrected chi connectivity index (χ0v) is 25.9. The SMILES string of the molecule is C1=CC(CCOCc2ccccc2)(OC2(CCOCc3ccccc3)C=CC(c3ccccc3)=CC2)CC=C1c1ccccc1. The van der Waals surface area contributed by atoms with Gasteiger partial charge in [-0.2, -0.15) is 0 Å². The Morgan fingerprint density at radius 1 is 0.467 bits per heavy atom. The Bertz CT molecular complexity index is 1480. The fourth-order valence-electron chi connectivity index (χ4n) is 6.06. The first-order valence-corrected chi connectivity index (χ1v) is 16.0. The summed E-state index contributed by atoms with van der Waals surface area (Å²) in [6.07, 6.45) is 16.7. The lowest BCUT2D eigenvalue weighted by atomic mass is 9.83. The van der Waals surface area contributed by atoms with Crippen molar-refractivity contribution in [1.29, 1.82) is 0 Å². The molecule has 0 radical (unpaired) electrons. The van der Waals surface area contributed by atoms with Crippen LogP contribution in [0.5, 0.6) is 0 Å². The van der Waals surface area contributed by atoms with Gasteiger partial charge < -0.3 is 14.2 Å². The standard InChI is InChI=1S/C42H42O3/c1-5-13-35(14-6-1)33-43-31-29-41(25-21-39(22-26-41)37-17-9-3-10-18-37)45-42(30-32-44-34-36-15-7-2-8-16-36)27-23-40(24-28-42)38-19-11-4-12-20-38/h1-25,27H,26,28-34H2. The molecule has 0 heterocycles. The van der Waals surface area contributed by atoms with Crippen LogP contribution in [0.25, 0.3) is 11.1 Å². The third kappa shape index (κ3) is 8.46. The fourth-order valence-corrected chi connectivity index (χ4v) is 6.06.